The summed E-state index contributed by atoms with van der Waals surface area (Å²) in [6.07, 6.45) is 1.78. The van der Waals surface area contributed by atoms with Gasteiger partial charge in [-0.25, -0.2) is 0 Å². The van der Waals surface area contributed by atoms with Crippen LogP contribution in [0.1, 0.15) is 18.1 Å². The number of hydrogen-bond acceptors (Lipinski definition) is 3. The molecule has 19 heavy (non-hydrogen) atoms. The Balaban J connectivity index is 2.09. The summed E-state index contributed by atoms with van der Waals surface area (Å²) in [4.78, 5) is 0. The molecule has 2 aromatic carbocycles. The van der Waals surface area contributed by atoms with Gasteiger partial charge in [0.15, 0.2) is 0 Å². The van der Waals surface area contributed by atoms with E-state index >= 15 is 0 Å². The summed E-state index contributed by atoms with van der Waals surface area (Å²) in [6, 6.07) is 15.9. The van der Waals surface area contributed by atoms with Crippen LogP contribution in [0.15, 0.2) is 53.6 Å². The van der Waals surface area contributed by atoms with E-state index in [0.29, 0.717) is 6.61 Å². The van der Waals surface area contributed by atoms with Crippen LogP contribution >= 0.6 is 0 Å². The lowest BCUT2D eigenvalue weighted by Gasteiger charge is -2.06. The highest BCUT2D eigenvalue weighted by molar-refractivity contribution is 5.84. The molecule has 1 N–H and O–H groups in total. The third-order valence-corrected chi connectivity index (χ3v) is 2.75. The molecule has 0 heterocycles. The maximum atomic E-state index is 5.54. The standard InChI is InChI=1S/C16H18N2O/c1-3-19-16-11-7-5-9-14(16)12-17-18-15-10-6-4-8-13(15)2/h4-12,18H,3H2,1-2H3/b17-12+. The smallest absolute Gasteiger partial charge is 0.128 e. The Morgan fingerprint density at radius 3 is 2.63 bits per heavy atom. The summed E-state index contributed by atoms with van der Waals surface area (Å²) in [7, 11) is 0. The molecule has 0 saturated heterocycles. The van der Waals surface area contributed by atoms with Crippen LogP contribution in [-0.4, -0.2) is 12.8 Å². The topological polar surface area (TPSA) is 33.6 Å². The molecular formula is C16H18N2O. The third kappa shape index (κ3) is 3.58. The molecule has 0 fully saturated rings. The minimum absolute atomic E-state index is 0.649. The van der Waals surface area contributed by atoms with Gasteiger partial charge in [0.2, 0.25) is 0 Å². The van der Waals surface area contributed by atoms with Gasteiger partial charge >= 0.3 is 0 Å². The SMILES string of the molecule is CCOc1ccccc1/C=N/Nc1ccccc1C. The van der Waals surface area contributed by atoms with Crippen molar-refractivity contribution in [2.45, 2.75) is 13.8 Å². The number of para-hydroxylation sites is 2. The molecule has 0 unspecified atom stereocenters. The molecule has 0 aliphatic carbocycles. The molecule has 0 saturated carbocycles. The van der Waals surface area contributed by atoms with Gasteiger partial charge in [0.1, 0.15) is 5.75 Å². The van der Waals surface area contributed by atoms with E-state index in [-0.39, 0.29) is 0 Å². The van der Waals surface area contributed by atoms with Crippen LogP contribution < -0.4 is 10.2 Å². The fraction of sp³-hybridized carbons (Fsp3) is 0.188. The van der Waals surface area contributed by atoms with Gasteiger partial charge in [-0.05, 0) is 37.6 Å². The highest BCUT2D eigenvalue weighted by Crippen LogP contribution is 2.16. The molecule has 0 radical (unpaired) electrons. The molecule has 2 aromatic rings. The molecule has 0 aliphatic rings. The molecule has 0 amide bonds. The fourth-order valence-electron chi connectivity index (χ4n) is 1.74. The second-order valence-electron chi connectivity index (χ2n) is 4.16. The summed E-state index contributed by atoms with van der Waals surface area (Å²) in [5, 5.41) is 4.26. The molecule has 0 spiro atoms. The summed E-state index contributed by atoms with van der Waals surface area (Å²) >= 11 is 0. The zero-order valence-corrected chi connectivity index (χ0v) is 11.3. The van der Waals surface area contributed by atoms with E-state index in [2.05, 4.69) is 10.5 Å². The Hall–Kier alpha value is -2.29. The van der Waals surface area contributed by atoms with E-state index in [1.165, 1.54) is 0 Å². The van der Waals surface area contributed by atoms with E-state index in [0.717, 1.165) is 22.6 Å². The lowest BCUT2D eigenvalue weighted by molar-refractivity contribution is 0.340. The average molecular weight is 254 g/mol. The number of nitrogens with one attached hydrogen (secondary N) is 1. The number of anilines is 1. The maximum absolute atomic E-state index is 5.54. The Bertz CT molecular complexity index is 564. The normalized spacial score (nSPS) is 10.6. The largest absolute Gasteiger partial charge is 0.493 e. The minimum atomic E-state index is 0.649. The van der Waals surface area contributed by atoms with Gasteiger partial charge in [0, 0.05) is 5.56 Å². The summed E-state index contributed by atoms with van der Waals surface area (Å²) in [5.41, 5.74) is 6.18. The number of aryl methyl sites for hydroxylation is 1. The first kappa shape index (κ1) is 13.1. The quantitative estimate of drug-likeness (QED) is 0.649. The molecule has 3 heteroatoms. The third-order valence-electron chi connectivity index (χ3n) is 2.75. The second-order valence-corrected chi connectivity index (χ2v) is 4.16. The van der Waals surface area contributed by atoms with Crippen LogP contribution in [0.25, 0.3) is 0 Å². The number of ether oxygens (including phenoxy) is 1. The minimum Gasteiger partial charge on any atom is -0.493 e. The van der Waals surface area contributed by atoms with E-state index in [1.807, 2.05) is 62.4 Å². The molecule has 2 rings (SSSR count). The fourth-order valence-corrected chi connectivity index (χ4v) is 1.74. The van der Waals surface area contributed by atoms with Crippen LogP contribution in [0.4, 0.5) is 5.69 Å². The lowest BCUT2D eigenvalue weighted by Crippen LogP contribution is -1.97. The van der Waals surface area contributed by atoms with Crippen molar-refractivity contribution >= 4 is 11.9 Å². The molecular weight excluding hydrogens is 236 g/mol. The zero-order valence-electron chi connectivity index (χ0n) is 11.3. The van der Waals surface area contributed by atoms with Crippen LogP contribution in [0, 0.1) is 6.92 Å². The molecule has 98 valence electrons. The number of rotatable bonds is 5. The van der Waals surface area contributed by atoms with E-state index in [4.69, 9.17) is 4.74 Å². The predicted octanol–water partition coefficient (Wildman–Crippen LogP) is 3.84. The van der Waals surface area contributed by atoms with Crippen molar-refractivity contribution in [3.05, 3.63) is 59.7 Å². The van der Waals surface area contributed by atoms with Gasteiger partial charge in [-0.15, -0.1) is 0 Å². The summed E-state index contributed by atoms with van der Waals surface area (Å²) < 4.78 is 5.54. The Morgan fingerprint density at radius 1 is 1.11 bits per heavy atom. The molecule has 0 bridgehead atoms. The van der Waals surface area contributed by atoms with Crippen molar-refractivity contribution in [1.82, 2.24) is 0 Å². The first-order chi connectivity index (χ1) is 9.31. The Labute approximate surface area is 113 Å². The molecule has 0 atom stereocenters. The van der Waals surface area contributed by atoms with Crippen molar-refractivity contribution in [3.8, 4) is 5.75 Å². The van der Waals surface area contributed by atoms with Gasteiger partial charge in [-0.3, -0.25) is 5.43 Å². The van der Waals surface area contributed by atoms with Gasteiger partial charge in [-0.2, -0.15) is 5.10 Å². The maximum Gasteiger partial charge on any atom is 0.128 e. The highest BCUT2D eigenvalue weighted by atomic mass is 16.5. The van der Waals surface area contributed by atoms with Crippen LogP contribution in [0.2, 0.25) is 0 Å². The van der Waals surface area contributed by atoms with Gasteiger partial charge < -0.3 is 4.74 Å². The van der Waals surface area contributed by atoms with Gasteiger partial charge in [-0.1, -0.05) is 30.3 Å². The Morgan fingerprint density at radius 2 is 1.84 bits per heavy atom. The van der Waals surface area contributed by atoms with Crippen molar-refractivity contribution in [2.24, 2.45) is 5.10 Å². The van der Waals surface area contributed by atoms with E-state index < -0.39 is 0 Å². The van der Waals surface area contributed by atoms with E-state index in [1.54, 1.807) is 6.21 Å². The monoisotopic (exact) mass is 254 g/mol. The number of benzene rings is 2. The van der Waals surface area contributed by atoms with Crippen LogP contribution in [0.3, 0.4) is 0 Å². The van der Waals surface area contributed by atoms with Crippen molar-refractivity contribution < 1.29 is 4.74 Å². The van der Waals surface area contributed by atoms with Crippen molar-refractivity contribution in [1.29, 1.82) is 0 Å². The number of hydrazone groups is 1. The molecule has 0 aliphatic heterocycles. The summed E-state index contributed by atoms with van der Waals surface area (Å²) in [6.45, 7) is 4.67. The van der Waals surface area contributed by atoms with Gasteiger partial charge in [0.05, 0.1) is 18.5 Å². The molecule has 3 nitrogen and oxygen atoms in total. The Kier molecular flexibility index (Phi) is 4.56. The number of hydrogen-bond donors (Lipinski definition) is 1. The highest BCUT2D eigenvalue weighted by Gasteiger charge is 1.99. The van der Waals surface area contributed by atoms with Crippen LogP contribution in [0.5, 0.6) is 5.75 Å². The number of nitrogens with zero attached hydrogens (tertiary/aromatic N) is 1. The first-order valence-corrected chi connectivity index (χ1v) is 6.38. The summed E-state index contributed by atoms with van der Waals surface area (Å²) in [5.74, 6) is 0.848. The van der Waals surface area contributed by atoms with Gasteiger partial charge in [0.25, 0.3) is 0 Å². The second kappa shape index (κ2) is 6.59. The van der Waals surface area contributed by atoms with Crippen molar-refractivity contribution in [2.75, 3.05) is 12.0 Å². The zero-order chi connectivity index (χ0) is 13.5. The predicted molar refractivity (Wildman–Crippen MR) is 80.0 cm³/mol. The average Bonchev–Trinajstić information content (AvgIpc) is 2.43. The van der Waals surface area contributed by atoms with E-state index in [9.17, 15) is 0 Å². The lowest BCUT2D eigenvalue weighted by atomic mass is 10.2. The van der Waals surface area contributed by atoms with Crippen LogP contribution in [-0.2, 0) is 0 Å². The first-order valence-electron chi connectivity index (χ1n) is 6.38. The van der Waals surface area contributed by atoms with Crippen molar-refractivity contribution in [3.63, 3.8) is 0 Å². The molecule has 0 aromatic heterocycles.